The van der Waals surface area contributed by atoms with E-state index in [0.29, 0.717) is 5.41 Å². The molecule has 2 atom stereocenters. The lowest BCUT2D eigenvalue weighted by atomic mass is 9.65. The zero-order chi connectivity index (χ0) is 10.8. The van der Waals surface area contributed by atoms with Crippen LogP contribution in [-0.4, -0.2) is 11.2 Å². The summed E-state index contributed by atoms with van der Waals surface area (Å²) >= 11 is 0. The van der Waals surface area contributed by atoms with Gasteiger partial charge in [0.25, 0.3) is 0 Å². The molecule has 0 aliphatic heterocycles. The average Bonchev–Trinajstić information content (AvgIpc) is 2.38. The predicted molar refractivity (Wildman–Crippen MR) is 61.3 cm³/mol. The monoisotopic (exact) mass is 198 g/mol. The zero-order valence-corrected chi connectivity index (χ0v) is 10.3. The molecule has 84 valence electrons. The fourth-order valence-corrected chi connectivity index (χ4v) is 2.86. The molecule has 0 spiro atoms. The van der Waals surface area contributed by atoms with Crippen molar-refractivity contribution in [1.29, 1.82) is 0 Å². The standard InChI is InChI=1S/C13H26O/c1-5-6-8-11(14)13(4)10-7-9-12(13,2)3/h11,14H,5-10H2,1-4H3. The molecular formula is C13H26O. The highest BCUT2D eigenvalue weighted by Gasteiger charge is 2.49. The maximum atomic E-state index is 10.3. The van der Waals surface area contributed by atoms with Crippen molar-refractivity contribution in [3.8, 4) is 0 Å². The Labute approximate surface area is 88.9 Å². The molecule has 0 radical (unpaired) electrons. The summed E-state index contributed by atoms with van der Waals surface area (Å²) < 4.78 is 0. The van der Waals surface area contributed by atoms with Crippen LogP contribution in [0, 0.1) is 10.8 Å². The highest BCUT2D eigenvalue weighted by Crippen LogP contribution is 2.55. The molecule has 1 aliphatic rings. The summed E-state index contributed by atoms with van der Waals surface area (Å²) in [4.78, 5) is 0. The van der Waals surface area contributed by atoms with Crippen LogP contribution in [0.4, 0.5) is 0 Å². The first kappa shape index (κ1) is 12.0. The number of hydrogen-bond acceptors (Lipinski definition) is 1. The molecular weight excluding hydrogens is 172 g/mol. The summed E-state index contributed by atoms with van der Waals surface area (Å²) in [5, 5.41) is 10.3. The van der Waals surface area contributed by atoms with Crippen LogP contribution in [0.1, 0.15) is 66.2 Å². The number of rotatable bonds is 4. The lowest BCUT2D eigenvalue weighted by Gasteiger charge is -2.42. The van der Waals surface area contributed by atoms with E-state index in [9.17, 15) is 5.11 Å². The third-order valence-corrected chi connectivity index (χ3v) is 4.61. The molecule has 2 unspecified atom stereocenters. The van der Waals surface area contributed by atoms with E-state index in [-0.39, 0.29) is 11.5 Å². The normalized spacial score (nSPS) is 33.2. The summed E-state index contributed by atoms with van der Waals surface area (Å²) in [6.07, 6.45) is 6.99. The first-order chi connectivity index (χ1) is 6.44. The number of hydrogen-bond donors (Lipinski definition) is 1. The van der Waals surface area contributed by atoms with Gasteiger partial charge in [0.2, 0.25) is 0 Å². The highest BCUT2D eigenvalue weighted by molar-refractivity contribution is 4.99. The third-order valence-electron chi connectivity index (χ3n) is 4.61. The van der Waals surface area contributed by atoms with Gasteiger partial charge in [-0.25, -0.2) is 0 Å². The van der Waals surface area contributed by atoms with Crippen LogP contribution >= 0.6 is 0 Å². The van der Waals surface area contributed by atoms with Gasteiger partial charge in [-0.2, -0.15) is 0 Å². The van der Waals surface area contributed by atoms with E-state index in [1.807, 2.05) is 0 Å². The van der Waals surface area contributed by atoms with Crippen molar-refractivity contribution in [2.45, 2.75) is 72.3 Å². The number of aliphatic hydroxyl groups excluding tert-OH is 1. The van der Waals surface area contributed by atoms with Gasteiger partial charge in [-0.1, -0.05) is 47.0 Å². The van der Waals surface area contributed by atoms with Crippen LogP contribution in [0.3, 0.4) is 0 Å². The minimum atomic E-state index is -0.0973. The second-order valence-electron chi connectivity index (χ2n) is 5.81. The number of unbranched alkanes of at least 4 members (excludes halogenated alkanes) is 1. The zero-order valence-electron chi connectivity index (χ0n) is 10.3. The van der Waals surface area contributed by atoms with Gasteiger partial charge in [0, 0.05) is 0 Å². The van der Waals surface area contributed by atoms with Crippen molar-refractivity contribution < 1.29 is 5.11 Å². The summed E-state index contributed by atoms with van der Waals surface area (Å²) in [5.41, 5.74) is 0.475. The van der Waals surface area contributed by atoms with E-state index in [2.05, 4.69) is 27.7 Å². The molecule has 1 rings (SSSR count). The maximum absolute atomic E-state index is 10.3. The second kappa shape index (κ2) is 4.22. The van der Waals surface area contributed by atoms with Gasteiger partial charge in [-0.3, -0.25) is 0 Å². The lowest BCUT2D eigenvalue weighted by Crippen LogP contribution is -2.40. The summed E-state index contributed by atoms with van der Waals surface area (Å²) in [7, 11) is 0. The molecule has 14 heavy (non-hydrogen) atoms. The Morgan fingerprint density at radius 1 is 1.21 bits per heavy atom. The fourth-order valence-electron chi connectivity index (χ4n) is 2.86. The van der Waals surface area contributed by atoms with Crippen LogP contribution in [0.25, 0.3) is 0 Å². The van der Waals surface area contributed by atoms with E-state index in [1.54, 1.807) is 0 Å². The molecule has 1 fully saturated rings. The Bertz CT molecular complexity index is 186. The van der Waals surface area contributed by atoms with E-state index in [4.69, 9.17) is 0 Å². The fraction of sp³-hybridized carbons (Fsp3) is 1.00. The summed E-state index contributed by atoms with van der Waals surface area (Å²) in [6, 6.07) is 0. The Morgan fingerprint density at radius 2 is 1.86 bits per heavy atom. The highest BCUT2D eigenvalue weighted by atomic mass is 16.3. The van der Waals surface area contributed by atoms with E-state index < -0.39 is 0 Å². The van der Waals surface area contributed by atoms with E-state index in [1.165, 1.54) is 25.7 Å². The van der Waals surface area contributed by atoms with Gasteiger partial charge < -0.3 is 5.11 Å². The molecule has 0 aromatic heterocycles. The Kier molecular flexibility index (Phi) is 3.63. The maximum Gasteiger partial charge on any atom is 0.0598 e. The molecule has 0 saturated heterocycles. The molecule has 0 aromatic rings. The topological polar surface area (TPSA) is 20.2 Å². The van der Waals surface area contributed by atoms with Crippen LogP contribution in [0.15, 0.2) is 0 Å². The first-order valence-corrected chi connectivity index (χ1v) is 6.12. The van der Waals surface area contributed by atoms with Gasteiger partial charge in [-0.05, 0) is 30.1 Å². The van der Waals surface area contributed by atoms with Crippen molar-refractivity contribution in [3.05, 3.63) is 0 Å². The Hall–Kier alpha value is -0.0400. The van der Waals surface area contributed by atoms with Crippen LogP contribution in [0.2, 0.25) is 0 Å². The van der Waals surface area contributed by atoms with Crippen molar-refractivity contribution in [1.82, 2.24) is 0 Å². The minimum Gasteiger partial charge on any atom is -0.393 e. The lowest BCUT2D eigenvalue weighted by molar-refractivity contribution is -0.0335. The second-order valence-corrected chi connectivity index (χ2v) is 5.81. The molecule has 1 N–H and O–H groups in total. The van der Waals surface area contributed by atoms with Crippen molar-refractivity contribution >= 4 is 0 Å². The number of aliphatic hydroxyl groups is 1. The SMILES string of the molecule is CCCCC(O)C1(C)CCCC1(C)C. The minimum absolute atomic E-state index is 0.0973. The summed E-state index contributed by atoms with van der Waals surface area (Å²) in [6.45, 7) is 9.10. The van der Waals surface area contributed by atoms with Gasteiger partial charge in [0.05, 0.1) is 6.10 Å². The molecule has 1 nitrogen and oxygen atoms in total. The largest absolute Gasteiger partial charge is 0.393 e. The molecule has 1 aliphatic carbocycles. The van der Waals surface area contributed by atoms with E-state index >= 15 is 0 Å². The van der Waals surface area contributed by atoms with Crippen molar-refractivity contribution in [2.24, 2.45) is 10.8 Å². The molecule has 0 heterocycles. The predicted octanol–water partition coefficient (Wildman–Crippen LogP) is 3.75. The summed E-state index contributed by atoms with van der Waals surface area (Å²) in [5.74, 6) is 0. The van der Waals surface area contributed by atoms with Crippen molar-refractivity contribution in [3.63, 3.8) is 0 Å². The van der Waals surface area contributed by atoms with Crippen LogP contribution in [-0.2, 0) is 0 Å². The smallest absolute Gasteiger partial charge is 0.0598 e. The van der Waals surface area contributed by atoms with Gasteiger partial charge in [-0.15, -0.1) is 0 Å². The van der Waals surface area contributed by atoms with Gasteiger partial charge >= 0.3 is 0 Å². The third kappa shape index (κ3) is 1.98. The molecule has 1 heteroatoms. The average molecular weight is 198 g/mol. The Morgan fingerprint density at radius 3 is 2.29 bits per heavy atom. The van der Waals surface area contributed by atoms with Crippen LogP contribution in [0.5, 0.6) is 0 Å². The molecule has 0 amide bonds. The van der Waals surface area contributed by atoms with E-state index in [0.717, 1.165) is 12.8 Å². The molecule has 0 aromatic carbocycles. The first-order valence-electron chi connectivity index (χ1n) is 6.12. The van der Waals surface area contributed by atoms with Gasteiger partial charge in [0.15, 0.2) is 0 Å². The van der Waals surface area contributed by atoms with Crippen LogP contribution < -0.4 is 0 Å². The Balaban J connectivity index is 2.63. The van der Waals surface area contributed by atoms with Gasteiger partial charge in [0.1, 0.15) is 0 Å². The quantitative estimate of drug-likeness (QED) is 0.729. The van der Waals surface area contributed by atoms with Crippen molar-refractivity contribution in [2.75, 3.05) is 0 Å². The molecule has 0 bridgehead atoms. The molecule has 1 saturated carbocycles.